The number of amides is 1. The van der Waals surface area contributed by atoms with Crippen molar-refractivity contribution in [2.45, 2.75) is 19.3 Å². The number of halogens is 1. The SMILES string of the molecule is O=C(Cc1c2c(cc3c1OCC3)OCC2)N1CCN(c2ccc(F)cc2)CC1. The van der Waals surface area contributed by atoms with Crippen molar-refractivity contribution < 1.29 is 18.7 Å². The van der Waals surface area contributed by atoms with Crippen LogP contribution in [0.5, 0.6) is 11.5 Å². The molecule has 0 aliphatic carbocycles. The minimum Gasteiger partial charge on any atom is -0.493 e. The quantitative estimate of drug-likeness (QED) is 0.818. The van der Waals surface area contributed by atoms with Crippen LogP contribution in [0.25, 0.3) is 0 Å². The van der Waals surface area contributed by atoms with Crippen LogP contribution in [0.3, 0.4) is 0 Å². The molecule has 0 aromatic heterocycles. The second kappa shape index (κ2) is 7.00. The fraction of sp³-hybridized carbons (Fsp3) is 0.409. The number of rotatable bonds is 3. The van der Waals surface area contributed by atoms with Gasteiger partial charge in [-0.05, 0) is 30.3 Å². The van der Waals surface area contributed by atoms with Crippen LogP contribution >= 0.6 is 0 Å². The third-order valence-corrected chi connectivity index (χ3v) is 5.91. The molecular formula is C22H23FN2O3. The third kappa shape index (κ3) is 3.07. The number of fused-ring (bicyclic) bond motifs is 2. The van der Waals surface area contributed by atoms with Gasteiger partial charge < -0.3 is 19.3 Å². The summed E-state index contributed by atoms with van der Waals surface area (Å²) in [4.78, 5) is 17.1. The number of anilines is 1. The molecule has 0 N–H and O–H groups in total. The molecule has 2 aromatic carbocycles. The maximum atomic E-state index is 13.1. The number of benzene rings is 2. The molecule has 5 nitrogen and oxygen atoms in total. The van der Waals surface area contributed by atoms with Gasteiger partial charge in [0.25, 0.3) is 0 Å². The monoisotopic (exact) mass is 382 g/mol. The van der Waals surface area contributed by atoms with Crippen molar-refractivity contribution in [1.29, 1.82) is 0 Å². The highest BCUT2D eigenvalue weighted by atomic mass is 19.1. The molecule has 2 aromatic rings. The molecule has 0 radical (unpaired) electrons. The highest BCUT2D eigenvalue weighted by Crippen LogP contribution is 2.41. The molecule has 0 atom stereocenters. The topological polar surface area (TPSA) is 42.0 Å². The first-order valence-corrected chi connectivity index (χ1v) is 9.90. The molecule has 0 unspecified atom stereocenters. The van der Waals surface area contributed by atoms with Crippen molar-refractivity contribution in [3.8, 4) is 11.5 Å². The van der Waals surface area contributed by atoms with Crippen LogP contribution in [-0.2, 0) is 24.1 Å². The van der Waals surface area contributed by atoms with Crippen LogP contribution in [0, 0.1) is 5.82 Å². The minimum atomic E-state index is -0.230. The zero-order chi connectivity index (χ0) is 19.1. The highest BCUT2D eigenvalue weighted by molar-refractivity contribution is 5.81. The largest absolute Gasteiger partial charge is 0.493 e. The predicted octanol–water partition coefficient (Wildman–Crippen LogP) is 2.59. The number of hydrogen-bond donors (Lipinski definition) is 0. The molecule has 0 saturated carbocycles. The van der Waals surface area contributed by atoms with Crippen molar-refractivity contribution in [2.75, 3.05) is 44.3 Å². The summed E-state index contributed by atoms with van der Waals surface area (Å²) < 4.78 is 24.7. The van der Waals surface area contributed by atoms with Gasteiger partial charge in [0.1, 0.15) is 17.3 Å². The molecule has 0 bridgehead atoms. The summed E-state index contributed by atoms with van der Waals surface area (Å²) in [7, 11) is 0. The normalized spacial score (nSPS) is 17.8. The van der Waals surface area contributed by atoms with Crippen LogP contribution in [0.1, 0.15) is 16.7 Å². The van der Waals surface area contributed by atoms with Gasteiger partial charge in [0.05, 0.1) is 19.6 Å². The summed E-state index contributed by atoms with van der Waals surface area (Å²) in [5.41, 5.74) is 4.31. The molecule has 0 spiro atoms. The Morgan fingerprint density at radius 1 is 1.00 bits per heavy atom. The van der Waals surface area contributed by atoms with Gasteiger partial charge in [-0.15, -0.1) is 0 Å². The molecule has 3 aliphatic heterocycles. The summed E-state index contributed by atoms with van der Waals surface area (Å²) in [6.45, 7) is 4.20. The summed E-state index contributed by atoms with van der Waals surface area (Å²) in [5.74, 6) is 1.74. The van der Waals surface area contributed by atoms with E-state index in [0.717, 1.165) is 59.8 Å². The van der Waals surface area contributed by atoms with Crippen molar-refractivity contribution in [3.63, 3.8) is 0 Å². The lowest BCUT2D eigenvalue weighted by Gasteiger charge is -2.36. The van der Waals surface area contributed by atoms with Gasteiger partial charge in [-0.25, -0.2) is 4.39 Å². The van der Waals surface area contributed by atoms with E-state index >= 15 is 0 Å². The molecule has 3 aliphatic rings. The average Bonchev–Trinajstić information content (AvgIpc) is 3.38. The molecule has 5 rings (SSSR count). The summed E-state index contributed by atoms with van der Waals surface area (Å²) in [6.07, 6.45) is 2.09. The van der Waals surface area contributed by atoms with Gasteiger partial charge in [0.15, 0.2) is 0 Å². The van der Waals surface area contributed by atoms with Gasteiger partial charge >= 0.3 is 0 Å². The fourth-order valence-corrected chi connectivity index (χ4v) is 4.40. The first-order chi connectivity index (χ1) is 13.7. The summed E-state index contributed by atoms with van der Waals surface area (Å²) in [5, 5.41) is 0. The molecule has 6 heteroatoms. The number of ether oxygens (including phenoxy) is 2. The smallest absolute Gasteiger partial charge is 0.227 e. The maximum absolute atomic E-state index is 13.1. The van der Waals surface area contributed by atoms with E-state index in [1.165, 1.54) is 12.1 Å². The van der Waals surface area contributed by atoms with Gasteiger partial charge in [-0.1, -0.05) is 0 Å². The summed E-state index contributed by atoms with van der Waals surface area (Å²) >= 11 is 0. The van der Waals surface area contributed by atoms with Crippen LogP contribution in [0.4, 0.5) is 10.1 Å². The Morgan fingerprint density at radius 3 is 2.54 bits per heavy atom. The first-order valence-electron chi connectivity index (χ1n) is 9.90. The molecule has 28 heavy (non-hydrogen) atoms. The van der Waals surface area contributed by atoms with Gasteiger partial charge in [0.2, 0.25) is 5.91 Å². The lowest BCUT2D eigenvalue weighted by molar-refractivity contribution is -0.130. The van der Waals surface area contributed by atoms with Crippen molar-refractivity contribution >= 4 is 11.6 Å². The standard InChI is InChI=1S/C22H23FN2O3/c23-16-1-3-17(4-2-16)24-7-9-25(10-8-24)21(26)14-19-18-6-12-27-20(18)13-15-5-11-28-22(15)19/h1-4,13H,5-12,14H2. The third-order valence-electron chi connectivity index (χ3n) is 5.91. The summed E-state index contributed by atoms with van der Waals surface area (Å²) in [6, 6.07) is 8.62. The zero-order valence-corrected chi connectivity index (χ0v) is 15.7. The maximum Gasteiger partial charge on any atom is 0.227 e. The Bertz CT molecular complexity index is 873. The van der Waals surface area contributed by atoms with E-state index in [0.29, 0.717) is 32.7 Å². The van der Waals surface area contributed by atoms with E-state index in [1.807, 2.05) is 4.90 Å². The molecular weight excluding hydrogens is 359 g/mol. The average molecular weight is 382 g/mol. The molecule has 146 valence electrons. The van der Waals surface area contributed by atoms with E-state index in [1.54, 1.807) is 12.1 Å². The number of carbonyl (C=O) groups is 1. The van der Waals surface area contributed by atoms with Crippen LogP contribution in [-0.4, -0.2) is 50.2 Å². The van der Waals surface area contributed by atoms with Gasteiger partial charge in [-0.3, -0.25) is 4.79 Å². The Kier molecular flexibility index (Phi) is 4.34. The lowest BCUT2D eigenvalue weighted by atomic mass is 9.96. The first kappa shape index (κ1) is 17.3. The Labute approximate surface area is 163 Å². The van der Waals surface area contributed by atoms with E-state index in [-0.39, 0.29) is 11.7 Å². The van der Waals surface area contributed by atoms with E-state index in [2.05, 4.69) is 11.0 Å². The van der Waals surface area contributed by atoms with E-state index in [4.69, 9.17) is 9.47 Å². The number of hydrogen-bond acceptors (Lipinski definition) is 4. The number of carbonyl (C=O) groups excluding carboxylic acids is 1. The molecule has 1 saturated heterocycles. The van der Waals surface area contributed by atoms with E-state index in [9.17, 15) is 9.18 Å². The Morgan fingerprint density at radius 2 is 1.75 bits per heavy atom. The van der Waals surface area contributed by atoms with Crippen molar-refractivity contribution in [3.05, 3.63) is 52.8 Å². The van der Waals surface area contributed by atoms with Gasteiger partial charge in [0, 0.05) is 61.4 Å². The second-order valence-corrected chi connectivity index (χ2v) is 7.54. The van der Waals surface area contributed by atoms with Crippen molar-refractivity contribution in [1.82, 2.24) is 4.90 Å². The van der Waals surface area contributed by atoms with E-state index < -0.39 is 0 Å². The zero-order valence-electron chi connectivity index (χ0n) is 15.7. The van der Waals surface area contributed by atoms with Crippen LogP contribution < -0.4 is 14.4 Å². The van der Waals surface area contributed by atoms with Gasteiger partial charge in [-0.2, -0.15) is 0 Å². The second-order valence-electron chi connectivity index (χ2n) is 7.54. The van der Waals surface area contributed by atoms with Crippen LogP contribution in [0.2, 0.25) is 0 Å². The Balaban J connectivity index is 1.28. The predicted molar refractivity (Wildman–Crippen MR) is 104 cm³/mol. The molecule has 1 amide bonds. The molecule has 1 fully saturated rings. The van der Waals surface area contributed by atoms with Crippen LogP contribution in [0.15, 0.2) is 30.3 Å². The minimum absolute atomic E-state index is 0.136. The van der Waals surface area contributed by atoms with Crippen molar-refractivity contribution in [2.24, 2.45) is 0 Å². The Hall–Kier alpha value is -2.76. The number of nitrogens with zero attached hydrogens (tertiary/aromatic N) is 2. The fourth-order valence-electron chi connectivity index (χ4n) is 4.40. The molecule has 3 heterocycles. The lowest BCUT2D eigenvalue weighted by Crippen LogP contribution is -2.49. The number of piperazine rings is 1. The highest BCUT2D eigenvalue weighted by Gasteiger charge is 2.29.